The van der Waals surface area contributed by atoms with Crippen LogP contribution in [0.2, 0.25) is 0 Å². The average molecular weight is 1220 g/mol. The lowest BCUT2D eigenvalue weighted by Crippen LogP contribution is -2.67. The summed E-state index contributed by atoms with van der Waals surface area (Å²) in [5.41, 5.74) is 9.59. The van der Waals surface area contributed by atoms with Gasteiger partial charge in [-0.05, 0) is 178 Å². The van der Waals surface area contributed by atoms with Crippen LogP contribution in [0.3, 0.4) is 0 Å². The number of aromatic nitrogens is 1. The largest absolute Gasteiger partial charge is 0.508 e. The normalized spacial score (nSPS) is 45.8. The van der Waals surface area contributed by atoms with E-state index >= 15 is 4.79 Å². The number of allylic oxidation sites excluding steroid dienone is 3. The number of ketones is 2. The maximum Gasteiger partial charge on any atom is 0.314 e. The Morgan fingerprint density at radius 2 is 1.69 bits per heavy atom. The first kappa shape index (κ1) is 61.9. The van der Waals surface area contributed by atoms with Crippen molar-refractivity contribution < 1.29 is 54.9 Å². The average Bonchev–Trinajstić information content (AvgIpc) is 1.30. The third-order valence-corrected chi connectivity index (χ3v) is 27.0. The quantitative estimate of drug-likeness (QED) is 0.0309. The van der Waals surface area contributed by atoms with Crippen molar-refractivity contribution in [2.75, 3.05) is 24.7 Å². The van der Waals surface area contributed by atoms with Gasteiger partial charge in [0.25, 0.3) is 0 Å². The van der Waals surface area contributed by atoms with E-state index < -0.39 is 94.3 Å². The number of benzene rings is 1. The molecular formula is C68H93N5O11S2. The zero-order valence-corrected chi connectivity index (χ0v) is 52.3. The zero-order valence-electron chi connectivity index (χ0n) is 50.7. The van der Waals surface area contributed by atoms with Crippen molar-refractivity contribution in [2.24, 2.45) is 110 Å². The van der Waals surface area contributed by atoms with Crippen LogP contribution in [-0.2, 0) is 19.1 Å². The van der Waals surface area contributed by atoms with Crippen molar-refractivity contribution in [3.8, 4) is 17.6 Å². The van der Waals surface area contributed by atoms with Gasteiger partial charge in [-0.15, -0.1) is 5.92 Å². The van der Waals surface area contributed by atoms with Crippen LogP contribution in [-0.4, -0.2) is 131 Å². The summed E-state index contributed by atoms with van der Waals surface area (Å²) in [6, 6.07) is 7.38. The van der Waals surface area contributed by atoms with Gasteiger partial charge < -0.3 is 62.3 Å². The number of nitrogens with one attached hydrogen (secondary N) is 2. The second-order valence-corrected chi connectivity index (χ2v) is 31.5. The van der Waals surface area contributed by atoms with Crippen LogP contribution in [0.15, 0.2) is 70.6 Å². The van der Waals surface area contributed by atoms with E-state index in [2.05, 4.69) is 54.0 Å². The smallest absolute Gasteiger partial charge is 0.314 e. The first-order valence-electron chi connectivity index (χ1n) is 32.3. The number of ether oxygens (including phenoxy) is 1. The number of hydrogen-bond acceptors (Lipinski definition) is 15. The van der Waals surface area contributed by atoms with Gasteiger partial charge in [0.2, 0.25) is 0 Å². The zero-order chi connectivity index (χ0) is 60.9. The summed E-state index contributed by atoms with van der Waals surface area (Å²) in [5.74, 6) is 3.76. The fourth-order valence-corrected chi connectivity index (χ4v) is 23.7. The molecule has 6 bridgehead atoms. The Balaban J connectivity index is 1.04. The van der Waals surface area contributed by atoms with Crippen molar-refractivity contribution in [3.05, 3.63) is 76.8 Å². The molecule has 16 nitrogen and oxygen atoms in total. The fourth-order valence-electron chi connectivity index (χ4n) is 21.0. The Bertz CT molecular complexity index is 3050. The summed E-state index contributed by atoms with van der Waals surface area (Å²) in [6.07, 6.45) is 9.22. The molecule has 2 saturated heterocycles. The summed E-state index contributed by atoms with van der Waals surface area (Å²) in [7, 11) is 2.99. The number of Topliss-reactive ketones (excluding diaryl/α,β-unsaturated/α-hetero) is 2. The van der Waals surface area contributed by atoms with E-state index in [0.717, 1.165) is 43.2 Å². The van der Waals surface area contributed by atoms with Crippen LogP contribution in [0.4, 0.5) is 0 Å². The summed E-state index contributed by atoms with van der Waals surface area (Å²) in [5, 5.41) is 91.3. The highest BCUT2D eigenvalue weighted by Crippen LogP contribution is 2.73. The van der Waals surface area contributed by atoms with Crippen molar-refractivity contribution in [3.63, 3.8) is 0 Å². The highest BCUT2D eigenvalue weighted by Gasteiger charge is 2.75. The third-order valence-electron chi connectivity index (χ3n) is 24.5. The molecule has 468 valence electrons. The van der Waals surface area contributed by atoms with Gasteiger partial charge in [0.15, 0.2) is 17.5 Å². The number of phenolic OH excluding ortho intramolecular Hbond substituents is 1. The van der Waals surface area contributed by atoms with E-state index in [4.69, 9.17) is 16.2 Å². The molecule has 25 atom stereocenters. The van der Waals surface area contributed by atoms with Crippen molar-refractivity contribution in [1.82, 2.24) is 10.3 Å². The van der Waals surface area contributed by atoms with Crippen LogP contribution >= 0.6 is 21.6 Å². The summed E-state index contributed by atoms with van der Waals surface area (Å²) >= 11 is 0. The monoisotopic (exact) mass is 1220 g/mol. The van der Waals surface area contributed by atoms with Crippen LogP contribution in [0.5, 0.6) is 5.75 Å². The lowest BCUT2D eigenvalue weighted by atomic mass is 9.43. The van der Waals surface area contributed by atoms with E-state index in [1.807, 2.05) is 25.4 Å². The van der Waals surface area contributed by atoms with Crippen LogP contribution in [0.25, 0.3) is 0 Å². The maximum atomic E-state index is 16.3. The lowest BCUT2D eigenvalue weighted by Gasteiger charge is -2.63. The van der Waals surface area contributed by atoms with Crippen LogP contribution in [0.1, 0.15) is 147 Å². The van der Waals surface area contributed by atoms with E-state index in [0.29, 0.717) is 48.2 Å². The molecule has 13 N–H and O–H groups in total. The molecule has 0 spiro atoms. The highest BCUT2D eigenvalue weighted by molar-refractivity contribution is 8.76. The number of H-pyrrole nitrogens is 1. The van der Waals surface area contributed by atoms with E-state index in [9.17, 15) is 45.3 Å². The standard InChI is InChI=1S/C68H93N5O11S2/c1-6-51-56(54(63(81)84-51)40-19-22-71-30-40)43-9-7-8-39-28-68(83)58-47(65(4)29-50(77)60(79)46-33-86-85-32-41(36-12-15-42(75)16-13-36)27-49(76)48(31-74)73-59(58)61(80)57(46)65)18-20-67(68,21-23-72-64(69)70)62(39)66(5,82)52(78)25-35(3)53-38-14-17-44(43)55(53)45-24-34(2)10-11-37(45)26-38/h12-13,15-16,19,22,26,30,34-35,38-39,41,43-48,50-57,60,62,71,73-75,77-79,82-83H,6,8,10-11,14,17-18,20-21,23-25,27-29,31-33H2,1-5H3,(H4,69,70,72). The Morgan fingerprint density at radius 1 is 0.919 bits per heavy atom. The first-order valence-corrected chi connectivity index (χ1v) is 34.8. The molecule has 1 aromatic carbocycles. The van der Waals surface area contributed by atoms with Crippen molar-refractivity contribution in [2.45, 2.75) is 178 Å². The molecular weight excluding hydrogens is 1130 g/mol. The van der Waals surface area contributed by atoms with Gasteiger partial charge >= 0.3 is 5.97 Å². The summed E-state index contributed by atoms with van der Waals surface area (Å²) in [4.78, 5) is 53.4. The number of rotatable bonds is 8. The number of phenols is 1. The Hall–Kier alpha value is -4.32. The van der Waals surface area contributed by atoms with Gasteiger partial charge in [0.05, 0.1) is 47.7 Å². The third kappa shape index (κ3) is 10.2. The van der Waals surface area contributed by atoms with E-state index in [1.165, 1.54) is 21.6 Å². The molecule has 86 heavy (non-hydrogen) atoms. The number of nitrogens with two attached hydrogens (primary N) is 2. The van der Waals surface area contributed by atoms with Gasteiger partial charge in [-0.1, -0.05) is 79.0 Å². The molecule has 10 aliphatic rings. The summed E-state index contributed by atoms with van der Waals surface area (Å²) < 4.78 is 6.42. The SMILES string of the molecule is CCC1OC(=O)C(c2cc[nH]c2)C1C1C#CCC2CC3(O)C4=C5NC(CO)C(=O)CC(c6ccc(O)cc6)CSSCC6C(O)C(O)CC(C)(C4CCC3(CCN=C(N)N)C2C(C)(O)C(O)CC(C)C2C3C=C4CCC(C)CC4C2C1CC3)C6C5=O. The topological polar surface area (TPSA) is 294 Å². The number of aliphatic hydroxyl groups is 6. The number of aromatic hydroxyl groups is 1. The number of aromatic amines is 1. The van der Waals surface area contributed by atoms with Gasteiger partial charge in [-0.25, -0.2) is 0 Å². The predicted molar refractivity (Wildman–Crippen MR) is 331 cm³/mol. The maximum absolute atomic E-state index is 16.3. The Labute approximate surface area is 514 Å². The molecule has 3 heterocycles. The molecule has 2 aliphatic heterocycles. The molecule has 2 aromatic rings. The number of fused-ring (bicyclic) bond motifs is 8. The number of guanidine groups is 1. The minimum atomic E-state index is -1.97. The van der Waals surface area contributed by atoms with Gasteiger partial charge in [-0.2, -0.15) is 0 Å². The van der Waals surface area contributed by atoms with Gasteiger partial charge in [0, 0.05) is 84.2 Å². The van der Waals surface area contributed by atoms with Crippen molar-refractivity contribution >= 4 is 45.1 Å². The second kappa shape index (κ2) is 23.8. The second-order valence-electron chi connectivity index (χ2n) is 29.0. The lowest BCUT2D eigenvalue weighted by molar-refractivity contribution is -0.194. The minimum Gasteiger partial charge on any atom is -0.508 e. The molecule has 12 rings (SSSR count). The summed E-state index contributed by atoms with van der Waals surface area (Å²) in [6.45, 7) is 9.78. The Morgan fingerprint density at radius 3 is 2.41 bits per heavy atom. The predicted octanol–water partition coefficient (Wildman–Crippen LogP) is 7.27. The van der Waals surface area contributed by atoms with E-state index in [1.54, 1.807) is 36.8 Å². The molecule has 8 aliphatic carbocycles. The van der Waals surface area contributed by atoms with Crippen LogP contribution in [0, 0.1) is 106 Å². The van der Waals surface area contributed by atoms with Gasteiger partial charge in [0.1, 0.15) is 17.9 Å². The number of carbonyl (C=O) groups excluding carboxylic acids is 3. The molecule has 25 unspecified atom stereocenters. The molecule has 0 amide bonds. The van der Waals surface area contributed by atoms with E-state index in [-0.39, 0.29) is 128 Å². The number of aliphatic imine (C=N–C) groups is 1. The highest BCUT2D eigenvalue weighted by atomic mass is 33.1. The molecule has 7 fully saturated rings. The van der Waals surface area contributed by atoms with Crippen molar-refractivity contribution in [1.29, 1.82) is 0 Å². The first-order chi connectivity index (χ1) is 41.1. The Kier molecular flexibility index (Phi) is 17.1. The minimum absolute atomic E-state index is 0.00913. The molecule has 5 saturated carbocycles. The molecule has 18 heteroatoms. The number of esters is 1. The number of nitrogens with zero attached hydrogens (tertiary/aromatic N) is 1. The van der Waals surface area contributed by atoms with Crippen LogP contribution < -0.4 is 16.8 Å². The number of cyclic esters (lactones) is 1. The number of aliphatic hydroxyl groups excluding tert-OH is 4. The molecule has 1 aromatic heterocycles. The van der Waals surface area contributed by atoms with Gasteiger partial charge in [-0.3, -0.25) is 19.4 Å². The number of carbonyl (C=O) groups is 3. The molecule has 0 radical (unpaired) electrons. The fraction of sp³-hybridized carbons (Fsp3) is 0.706. The number of hydrogen-bond donors (Lipinski definition) is 11.